The molecule has 0 saturated heterocycles. The van der Waals surface area contributed by atoms with Crippen LogP contribution in [0.15, 0.2) is 0 Å². The Balaban J connectivity index is 3.69. The second kappa shape index (κ2) is 4.22. The van der Waals surface area contributed by atoms with Gasteiger partial charge in [-0.3, -0.25) is 0 Å². The zero-order valence-electron chi connectivity index (χ0n) is 5.97. The summed E-state index contributed by atoms with van der Waals surface area (Å²) in [4.78, 5) is 10.0. The zero-order valence-corrected chi connectivity index (χ0v) is 5.97. The number of carboxylic acid groups (broad SMARTS) is 1. The Kier molecular flexibility index (Phi) is 3.95. The van der Waals surface area contributed by atoms with Crippen LogP contribution < -0.4 is 10.8 Å². The van der Waals surface area contributed by atoms with E-state index in [4.69, 9.17) is 0 Å². The topological polar surface area (TPSA) is 67.8 Å². The first-order chi connectivity index (χ1) is 4.59. The third-order valence-corrected chi connectivity index (χ3v) is 1.30. The standard InChI is InChI=1S/C6H12FNO2/c1-2-3-4(7)5(8)6(9)10/h4-5H,2-3,8H2,1H3,(H,9,10)/t4-,5-/m0/s1. The van der Waals surface area contributed by atoms with Crippen molar-refractivity contribution in [3.63, 3.8) is 0 Å². The van der Waals surface area contributed by atoms with Crippen molar-refractivity contribution >= 4 is 5.97 Å². The lowest BCUT2D eigenvalue weighted by Crippen LogP contribution is -2.72. The van der Waals surface area contributed by atoms with Gasteiger partial charge in [0.15, 0.2) is 12.2 Å². The molecule has 4 heteroatoms. The average molecular weight is 149 g/mol. The van der Waals surface area contributed by atoms with Gasteiger partial charge in [0.05, 0.1) is 0 Å². The lowest BCUT2D eigenvalue weighted by atomic mass is 10.1. The van der Waals surface area contributed by atoms with Crippen LogP contribution in [0.25, 0.3) is 0 Å². The first-order valence-corrected chi connectivity index (χ1v) is 3.27. The van der Waals surface area contributed by atoms with Gasteiger partial charge in [-0.2, -0.15) is 0 Å². The van der Waals surface area contributed by atoms with Gasteiger partial charge < -0.3 is 15.6 Å². The van der Waals surface area contributed by atoms with Crippen molar-refractivity contribution in [2.24, 2.45) is 0 Å². The first kappa shape index (κ1) is 9.36. The summed E-state index contributed by atoms with van der Waals surface area (Å²) in [6.07, 6.45) is -0.502. The number of hydrogen-bond donors (Lipinski definition) is 1. The van der Waals surface area contributed by atoms with Crippen LogP contribution in [-0.2, 0) is 4.79 Å². The van der Waals surface area contributed by atoms with Gasteiger partial charge in [0.25, 0.3) is 0 Å². The Morgan fingerprint density at radius 1 is 1.80 bits per heavy atom. The van der Waals surface area contributed by atoms with Gasteiger partial charge in [0.2, 0.25) is 0 Å². The molecule has 0 aliphatic heterocycles. The minimum atomic E-state index is -1.42. The van der Waals surface area contributed by atoms with Crippen molar-refractivity contribution in [1.82, 2.24) is 0 Å². The molecule has 10 heavy (non-hydrogen) atoms. The fourth-order valence-corrected chi connectivity index (χ4v) is 0.625. The van der Waals surface area contributed by atoms with E-state index in [0.717, 1.165) is 0 Å². The Morgan fingerprint density at radius 2 is 2.30 bits per heavy atom. The summed E-state index contributed by atoms with van der Waals surface area (Å²) in [5.74, 6) is -1.42. The molecule has 3 N–H and O–H groups in total. The summed E-state index contributed by atoms with van der Waals surface area (Å²) < 4.78 is 12.6. The van der Waals surface area contributed by atoms with E-state index in [1.165, 1.54) is 0 Å². The van der Waals surface area contributed by atoms with Crippen LogP contribution >= 0.6 is 0 Å². The maximum absolute atomic E-state index is 12.6. The van der Waals surface area contributed by atoms with Gasteiger partial charge in [-0.15, -0.1) is 0 Å². The first-order valence-electron chi connectivity index (χ1n) is 3.27. The highest BCUT2D eigenvalue weighted by molar-refractivity contribution is 5.69. The number of carbonyl (C=O) groups is 1. The molecule has 0 fully saturated rings. The number of rotatable bonds is 4. The molecule has 0 aromatic heterocycles. The summed E-state index contributed by atoms with van der Waals surface area (Å²) in [5.41, 5.74) is 3.12. The summed E-state index contributed by atoms with van der Waals surface area (Å²) >= 11 is 0. The molecule has 0 spiro atoms. The minimum Gasteiger partial charge on any atom is -0.544 e. The molecule has 0 rings (SSSR count). The summed E-state index contributed by atoms with van der Waals surface area (Å²) in [5, 5.41) is 10.0. The van der Waals surface area contributed by atoms with E-state index in [2.05, 4.69) is 5.73 Å². The number of halogens is 1. The average Bonchev–Trinajstić information content (AvgIpc) is 1.87. The molecule has 3 nitrogen and oxygen atoms in total. The van der Waals surface area contributed by atoms with Crippen LogP contribution in [0.2, 0.25) is 0 Å². The molecule has 60 valence electrons. The predicted molar refractivity (Wildman–Crippen MR) is 31.5 cm³/mol. The molecule has 0 radical (unpaired) electrons. The number of alkyl halides is 1. The third kappa shape index (κ3) is 2.77. The normalized spacial score (nSPS) is 16.3. The number of aliphatic carboxylic acids is 1. The maximum atomic E-state index is 12.6. The lowest BCUT2D eigenvalue weighted by Gasteiger charge is -2.12. The van der Waals surface area contributed by atoms with Crippen molar-refractivity contribution < 1.29 is 20.0 Å². The number of carbonyl (C=O) groups excluding carboxylic acids is 1. The van der Waals surface area contributed by atoms with Gasteiger partial charge in [0, 0.05) is 0 Å². The summed E-state index contributed by atoms with van der Waals surface area (Å²) in [7, 11) is 0. The summed E-state index contributed by atoms with van der Waals surface area (Å²) in [6, 6.07) is -1.22. The van der Waals surface area contributed by atoms with Crippen molar-refractivity contribution in [1.29, 1.82) is 0 Å². The van der Waals surface area contributed by atoms with E-state index in [-0.39, 0.29) is 6.42 Å². The lowest BCUT2D eigenvalue weighted by molar-refractivity contribution is -0.447. The third-order valence-electron chi connectivity index (χ3n) is 1.30. The second-order valence-corrected chi connectivity index (χ2v) is 2.23. The molecule has 0 bridgehead atoms. The van der Waals surface area contributed by atoms with Gasteiger partial charge in [0.1, 0.15) is 5.97 Å². The minimum absolute atomic E-state index is 0.238. The molecular weight excluding hydrogens is 137 g/mol. The highest BCUT2D eigenvalue weighted by atomic mass is 19.1. The Labute approximate surface area is 59.0 Å². The molecule has 0 amide bonds. The van der Waals surface area contributed by atoms with Crippen molar-refractivity contribution in [3.05, 3.63) is 0 Å². The predicted octanol–water partition coefficient (Wildman–Crippen LogP) is -1.51. The van der Waals surface area contributed by atoms with E-state index in [1.807, 2.05) is 0 Å². The number of hydrogen-bond acceptors (Lipinski definition) is 2. The van der Waals surface area contributed by atoms with Crippen molar-refractivity contribution in [2.75, 3.05) is 0 Å². The molecule has 0 unspecified atom stereocenters. The van der Waals surface area contributed by atoms with Gasteiger partial charge in [-0.25, -0.2) is 4.39 Å². The molecule has 0 aromatic carbocycles. The van der Waals surface area contributed by atoms with Gasteiger partial charge in [-0.1, -0.05) is 13.3 Å². The van der Waals surface area contributed by atoms with Crippen LogP contribution in [0.3, 0.4) is 0 Å². The Morgan fingerprint density at radius 3 is 2.60 bits per heavy atom. The van der Waals surface area contributed by atoms with E-state index in [1.54, 1.807) is 6.92 Å². The van der Waals surface area contributed by atoms with E-state index >= 15 is 0 Å². The van der Waals surface area contributed by atoms with Crippen molar-refractivity contribution in [3.8, 4) is 0 Å². The molecule has 0 heterocycles. The molecule has 2 atom stereocenters. The molecular formula is C6H12FNO2. The SMILES string of the molecule is CCC[C@H](F)[C@H]([NH3+])C(=O)[O-]. The number of quaternary nitrogens is 1. The Bertz CT molecular complexity index is 118. The van der Waals surface area contributed by atoms with E-state index in [9.17, 15) is 14.3 Å². The quantitative estimate of drug-likeness (QED) is 0.527. The van der Waals surface area contributed by atoms with E-state index < -0.39 is 18.2 Å². The largest absolute Gasteiger partial charge is 0.544 e. The van der Waals surface area contributed by atoms with Gasteiger partial charge >= 0.3 is 0 Å². The number of carboxylic acids is 1. The van der Waals surface area contributed by atoms with Crippen molar-refractivity contribution in [2.45, 2.75) is 32.0 Å². The van der Waals surface area contributed by atoms with Gasteiger partial charge in [-0.05, 0) is 6.42 Å². The molecule has 0 aromatic rings. The van der Waals surface area contributed by atoms with Crippen LogP contribution in [0.4, 0.5) is 4.39 Å². The Hall–Kier alpha value is -0.640. The highest BCUT2D eigenvalue weighted by Crippen LogP contribution is 2.02. The smallest absolute Gasteiger partial charge is 0.157 e. The molecule has 0 aliphatic rings. The zero-order chi connectivity index (χ0) is 8.15. The van der Waals surface area contributed by atoms with Crippen LogP contribution in [0, 0.1) is 0 Å². The van der Waals surface area contributed by atoms with Crippen LogP contribution in [0.1, 0.15) is 19.8 Å². The molecule has 0 saturated carbocycles. The van der Waals surface area contributed by atoms with Crippen LogP contribution in [0.5, 0.6) is 0 Å². The highest BCUT2D eigenvalue weighted by Gasteiger charge is 2.19. The fourth-order valence-electron chi connectivity index (χ4n) is 0.625. The van der Waals surface area contributed by atoms with Crippen LogP contribution in [-0.4, -0.2) is 18.2 Å². The maximum Gasteiger partial charge on any atom is 0.157 e. The van der Waals surface area contributed by atoms with E-state index in [0.29, 0.717) is 6.42 Å². The summed E-state index contributed by atoms with van der Waals surface area (Å²) in [6.45, 7) is 1.79. The molecule has 0 aliphatic carbocycles. The second-order valence-electron chi connectivity index (χ2n) is 2.23. The fraction of sp³-hybridized carbons (Fsp3) is 0.833. The monoisotopic (exact) mass is 149 g/mol.